The number of carbonyl (C=O) groups excluding carboxylic acids is 3. The van der Waals surface area contributed by atoms with Gasteiger partial charge in [-0.3, -0.25) is 14.4 Å². The number of alkyl halides is 1. The lowest BCUT2D eigenvalue weighted by Crippen LogP contribution is -2.51. The van der Waals surface area contributed by atoms with Crippen molar-refractivity contribution in [1.29, 1.82) is 0 Å². The highest BCUT2D eigenvalue weighted by Crippen LogP contribution is 2.67. The number of rotatable bonds is 3. The van der Waals surface area contributed by atoms with E-state index in [9.17, 15) is 18.8 Å². The number of hydrogen-bond acceptors (Lipinski definition) is 7. The Hall–Kier alpha value is -1.70. The lowest BCUT2D eigenvalue weighted by Gasteiger charge is -2.32. The predicted octanol–water partition coefficient (Wildman–Crippen LogP) is 0.640. The number of carbonyl (C=O) groups is 3. The van der Waals surface area contributed by atoms with Crippen molar-refractivity contribution in [3.63, 3.8) is 0 Å². The topological polar surface area (TPSA) is 88.1 Å². The molecular weight excluding hydrogens is 299 g/mol. The lowest BCUT2D eigenvalue weighted by molar-refractivity contribution is -0.196. The molecule has 0 spiro atoms. The van der Waals surface area contributed by atoms with Gasteiger partial charge in [-0.1, -0.05) is 0 Å². The van der Waals surface area contributed by atoms with Crippen molar-refractivity contribution in [2.24, 2.45) is 5.92 Å². The van der Waals surface area contributed by atoms with Crippen molar-refractivity contribution < 1.29 is 37.7 Å². The molecule has 0 aromatic heterocycles. The molecule has 0 aromatic rings. The fourth-order valence-corrected chi connectivity index (χ4v) is 3.84. The van der Waals surface area contributed by atoms with Gasteiger partial charge in [0.2, 0.25) is 12.5 Å². The smallest absolute Gasteiger partial charge is 0.305 e. The van der Waals surface area contributed by atoms with Gasteiger partial charge in [0.25, 0.3) is 0 Å². The largest absolute Gasteiger partial charge is 0.456 e. The van der Waals surface area contributed by atoms with Gasteiger partial charge in [-0.25, -0.2) is 4.39 Å². The van der Waals surface area contributed by atoms with E-state index in [1.807, 2.05) is 0 Å². The quantitative estimate of drug-likeness (QED) is 0.557. The third-order valence-electron chi connectivity index (χ3n) is 4.47. The molecule has 2 unspecified atom stereocenters. The van der Waals surface area contributed by atoms with Crippen molar-refractivity contribution in [2.75, 3.05) is 0 Å². The molecule has 3 aliphatic rings. The average molecular weight is 316 g/mol. The predicted molar refractivity (Wildman–Crippen MR) is 67.0 cm³/mol. The SMILES string of the molecule is CC(=O)OC1O[C@H]2[C@](OC(C)=O)(CC3C[C@@]32OC(C)=O)[C@H]1F. The fraction of sp³-hybridized carbons (Fsp3) is 0.786. The molecule has 2 saturated carbocycles. The zero-order valence-corrected chi connectivity index (χ0v) is 12.5. The van der Waals surface area contributed by atoms with E-state index >= 15 is 0 Å². The molecule has 1 aliphatic heterocycles. The molecule has 6 atom stereocenters. The Labute approximate surface area is 126 Å². The average Bonchev–Trinajstić information content (AvgIpc) is 2.87. The standard InChI is InChI=1S/C14H17FO7/c1-6(16)19-11-10(15)14(22-8(3)18)5-9-4-13(9,12(14)20-11)21-7(2)17/h9-12H,4-5H2,1-3H3/t9?,10-,11?,12+,13+,14-/m0/s1. The van der Waals surface area contributed by atoms with E-state index in [0.717, 1.165) is 6.92 Å². The summed E-state index contributed by atoms with van der Waals surface area (Å²) >= 11 is 0. The van der Waals surface area contributed by atoms with E-state index < -0.39 is 47.7 Å². The Morgan fingerprint density at radius 3 is 2.09 bits per heavy atom. The first-order chi connectivity index (χ1) is 10.2. The van der Waals surface area contributed by atoms with Crippen LogP contribution in [0.25, 0.3) is 0 Å². The molecule has 0 N–H and O–H groups in total. The van der Waals surface area contributed by atoms with E-state index in [4.69, 9.17) is 18.9 Å². The summed E-state index contributed by atoms with van der Waals surface area (Å²) in [6.45, 7) is 3.55. The second-order valence-electron chi connectivity index (χ2n) is 6.10. The normalized spacial score (nSPS) is 44.7. The first kappa shape index (κ1) is 15.2. The molecule has 2 aliphatic carbocycles. The molecule has 1 saturated heterocycles. The monoisotopic (exact) mass is 316 g/mol. The molecule has 0 radical (unpaired) electrons. The number of ether oxygens (including phenoxy) is 4. The van der Waals surface area contributed by atoms with Gasteiger partial charge < -0.3 is 18.9 Å². The van der Waals surface area contributed by atoms with Gasteiger partial charge in [-0.05, 0) is 6.42 Å². The van der Waals surface area contributed by atoms with Gasteiger partial charge in [0, 0.05) is 33.1 Å². The van der Waals surface area contributed by atoms with Gasteiger partial charge in [0.15, 0.2) is 5.60 Å². The molecule has 7 nitrogen and oxygen atoms in total. The Morgan fingerprint density at radius 2 is 1.55 bits per heavy atom. The molecule has 122 valence electrons. The van der Waals surface area contributed by atoms with Crippen molar-refractivity contribution in [1.82, 2.24) is 0 Å². The van der Waals surface area contributed by atoms with Crippen LogP contribution in [0.4, 0.5) is 4.39 Å². The van der Waals surface area contributed by atoms with Gasteiger partial charge in [0.1, 0.15) is 11.7 Å². The van der Waals surface area contributed by atoms with E-state index in [2.05, 4.69) is 0 Å². The molecule has 0 amide bonds. The molecule has 0 aromatic carbocycles. The molecule has 0 bridgehead atoms. The molecular formula is C14H17FO7. The minimum atomic E-state index is -1.83. The van der Waals surface area contributed by atoms with E-state index in [-0.39, 0.29) is 12.3 Å². The summed E-state index contributed by atoms with van der Waals surface area (Å²) in [5.74, 6) is -2.02. The fourth-order valence-electron chi connectivity index (χ4n) is 3.84. The molecule has 3 rings (SSSR count). The van der Waals surface area contributed by atoms with Crippen LogP contribution in [0.3, 0.4) is 0 Å². The summed E-state index contributed by atoms with van der Waals surface area (Å²) in [7, 11) is 0. The first-order valence-corrected chi connectivity index (χ1v) is 7.07. The van der Waals surface area contributed by atoms with E-state index in [0.29, 0.717) is 6.42 Å². The van der Waals surface area contributed by atoms with E-state index in [1.165, 1.54) is 13.8 Å². The van der Waals surface area contributed by atoms with E-state index in [1.54, 1.807) is 0 Å². The highest BCUT2D eigenvalue weighted by molar-refractivity contribution is 5.69. The molecule has 22 heavy (non-hydrogen) atoms. The Bertz CT molecular complexity index is 549. The number of esters is 3. The van der Waals surface area contributed by atoms with Gasteiger partial charge in [-0.15, -0.1) is 0 Å². The number of halogens is 1. The maximum atomic E-state index is 14.8. The maximum absolute atomic E-state index is 14.8. The zero-order valence-electron chi connectivity index (χ0n) is 12.5. The Balaban J connectivity index is 1.92. The lowest BCUT2D eigenvalue weighted by atomic mass is 9.90. The summed E-state index contributed by atoms with van der Waals surface area (Å²) in [5, 5.41) is 0. The van der Waals surface area contributed by atoms with Crippen LogP contribution in [0.5, 0.6) is 0 Å². The minimum Gasteiger partial charge on any atom is -0.456 e. The summed E-state index contributed by atoms with van der Waals surface area (Å²) < 4.78 is 35.7. The summed E-state index contributed by atoms with van der Waals surface area (Å²) in [6, 6.07) is 0. The minimum absolute atomic E-state index is 0.128. The van der Waals surface area contributed by atoms with Crippen LogP contribution in [0, 0.1) is 5.92 Å². The maximum Gasteiger partial charge on any atom is 0.305 e. The Morgan fingerprint density at radius 1 is 1.00 bits per heavy atom. The summed E-state index contributed by atoms with van der Waals surface area (Å²) in [6.07, 6.45) is -3.60. The van der Waals surface area contributed by atoms with Crippen LogP contribution >= 0.6 is 0 Å². The van der Waals surface area contributed by atoms with Crippen LogP contribution in [-0.2, 0) is 33.3 Å². The van der Waals surface area contributed by atoms with Crippen molar-refractivity contribution >= 4 is 17.9 Å². The van der Waals surface area contributed by atoms with Gasteiger partial charge in [-0.2, -0.15) is 0 Å². The highest BCUT2D eigenvalue weighted by atomic mass is 19.1. The third-order valence-corrected chi connectivity index (χ3v) is 4.47. The van der Waals surface area contributed by atoms with Crippen LogP contribution in [0.2, 0.25) is 0 Å². The Kier molecular flexibility index (Phi) is 3.21. The summed E-state index contributed by atoms with van der Waals surface area (Å²) in [4.78, 5) is 33.8. The molecule has 8 heteroatoms. The van der Waals surface area contributed by atoms with Crippen LogP contribution in [0.15, 0.2) is 0 Å². The van der Waals surface area contributed by atoms with Crippen LogP contribution < -0.4 is 0 Å². The van der Waals surface area contributed by atoms with Crippen LogP contribution in [0.1, 0.15) is 33.6 Å². The molecule has 3 fully saturated rings. The number of hydrogen-bond donors (Lipinski definition) is 0. The number of fused-ring (bicyclic) bond motifs is 3. The molecule has 1 heterocycles. The highest BCUT2D eigenvalue weighted by Gasteiger charge is 2.83. The van der Waals surface area contributed by atoms with Crippen molar-refractivity contribution in [2.45, 2.75) is 63.4 Å². The van der Waals surface area contributed by atoms with Gasteiger partial charge in [0.05, 0.1) is 0 Å². The van der Waals surface area contributed by atoms with Gasteiger partial charge >= 0.3 is 17.9 Å². The first-order valence-electron chi connectivity index (χ1n) is 7.07. The zero-order chi connectivity index (χ0) is 16.3. The van der Waals surface area contributed by atoms with Crippen molar-refractivity contribution in [3.05, 3.63) is 0 Å². The third kappa shape index (κ3) is 2.00. The second kappa shape index (κ2) is 4.65. The summed E-state index contributed by atoms with van der Waals surface area (Å²) in [5.41, 5.74) is -2.58. The second-order valence-corrected chi connectivity index (χ2v) is 6.10. The van der Waals surface area contributed by atoms with Crippen molar-refractivity contribution in [3.8, 4) is 0 Å². The van der Waals surface area contributed by atoms with Crippen LogP contribution in [-0.4, -0.2) is 47.7 Å².